The Morgan fingerprint density at radius 2 is 1.56 bits per heavy atom. The maximum absolute atomic E-state index is 15.0. The second-order valence-corrected chi connectivity index (χ2v) is 7.92. The number of aliphatic hydroxyl groups is 1. The number of benzene rings is 4. The lowest BCUT2D eigenvalue weighted by atomic mass is 9.93. The van der Waals surface area contributed by atoms with Crippen molar-refractivity contribution in [3.05, 3.63) is 114 Å². The molecule has 1 N–H and O–H groups in total. The third-order valence-corrected chi connectivity index (χ3v) is 6.04. The predicted octanol–water partition coefficient (Wildman–Crippen LogP) is 5.61. The molecule has 1 saturated heterocycles. The van der Waals surface area contributed by atoms with Gasteiger partial charge in [-0.1, -0.05) is 60.7 Å². The van der Waals surface area contributed by atoms with E-state index in [4.69, 9.17) is 4.74 Å². The molecule has 1 aliphatic heterocycles. The highest BCUT2D eigenvalue weighted by Gasteiger charge is 2.47. The lowest BCUT2D eigenvalue weighted by Gasteiger charge is -2.26. The molecular formula is C28H20FNO4. The lowest BCUT2D eigenvalue weighted by Crippen LogP contribution is -2.29. The van der Waals surface area contributed by atoms with Crippen LogP contribution in [0, 0.1) is 5.82 Å². The van der Waals surface area contributed by atoms with E-state index in [-0.39, 0.29) is 16.9 Å². The summed E-state index contributed by atoms with van der Waals surface area (Å²) in [5.74, 6) is -2.09. The number of carbonyl (C=O) groups excluding carboxylic acids is 2. The summed E-state index contributed by atoms with van der Waals surface area (Å²) in [6, 6.07) is 24.1. The van der Waals surface area contributed by atoms with Gasteiger partial charge in [0.05, 0.1) is 18.7 Å². The van der Waals surface area contributed by atoms with Gasteiger partial charge >= 0.3 is 0 Å². The quantitative estimate of drug-likeness (QED) is 0.248. The first-order valence-corrected chi connectivity index (χ1v) is 10.7. The van der Waals surface area contributed by atoms with Crippen molar-refractivity contribution >= 4 is 33.9 Å². The van der Waals surface area contributed by atoms with Gasteiger partial charge in [-0.2, -0.15) is 0 Å². The first-order valence-electron chi connectivity index (χ1n) is 10.7. The van der Waals surface area contributed by atoms with Crippen LogP contribution in [0.25, 0.3) is 16.5 Å². The number of ether oxygens (including phenoxy) is 1. The van der Waals surface area contributed by atoms with Crippen molar-refractivity contribution in [1.82, 2.24) is 0 Å². The molecule has 4 aromatic carbocycles. The second kappa shape index (κ2) is 8.48. The van der Waals surface area contributed by atoms with Crippen LogP contribution in [0.3, 0.4) is 0 Å². The molecule has 1 fully saturated rings. The Kier molecular flexibility index (Phi) is 5.34. The highest BCUT2D eigenvalue weighted by Crippen LogP contribution is 2.43. The van der Waals surface area contributed by atoms with E-state index >= 15 is 4.39 Å². The molecule has 4 aromatic rings. The van der Waals surface area contributed by atoms with Crippen molar-refractivity contribution in [3.8, 4) is 5.75 Å². The maximum atomic E-state index is 15.0. The Balaban J connectivity index is 1.77. The summed E-state index contributed by atoms with van der Waals surface area (Å²) in [5.41, 5.74) is 0.724. The molecular weight excluding hydrogens is 433 g/mol. The van der Waals surface area contributed by atoms with Crippen LogP contribution < -0.4 is 9.64 Å². The molecule has 0 bridgehead atoms. The molecule has 0 spiro atoms. The Bertz CT molecular complexity index is 1450. The van der Waals surface area contributed by atoms with Crippen molar-refractivity contribution in [2.24, 2.45) is 0 Å². The minimum Gasteiger partial charge on any atom is -0.507 e. The Morgan fingerprint density at radius 3 is 2.29 bits per heavy atom. The smallest absolute Gasteiger partial charge is 0.300 e. The minimum atomic E-state index is -1.14. The fraction of sp³-hybridized carbons (Fsp3) is 0.0714. The van der Waals surface area contributed by atoms with Crippen LogP contribution in [0.1, 0.15) is 17.2 Å². The molecule has 1 heterocycles. The van der Waals surface area contributed by atoms with Crippen molar-refractivity contribution < 1.29 is 23.8 Å². The van der Waals surface area contributed by atoms with Crippen LogP contribution in [0.4, 0.5) is 10.1 Å². The average molecular weight is 453 g/mol. The molecule has 34 heavy (non-hydrogen) atoms. The Hall–Kier alpha value is -4.45. The van der Waals surface area contributed by atoms with Crippen molar-refractivity contribution in [2.45, 2.75) is 6.04 Å². The third kappa shape index (κ3) is 3.40. The monoisotopic (exact) mass is 453 g/mol. The van der Waals surface area contributed by atoms with Crippen molar-refractivity contribution in [1.29, 1.82) is 0 Å². The highest BCUT2D eigenvalue weighted by atomic mass is 19.1. The van der Waals surface area contributed by atoms with E-state index < -0.39 is 23.5 Å². The van der Waals surface area contributed by atoms with Crippen LogP contribution in [-0.2, 0) is 9.59 Å². The molecule has 0 aromatic heterocycles. The highest BCUT2D eigenvalue weighted by molar-refractivity contribution is 6.51. The predicted molar refractivity (Wildman–Crippen MR) is 128 cm³/mol. The van der Waals surface area contributed by atoms with Gasteiger partial charge in [-0.05, 0) is 41.1 Å². The molecule has 0 radical (unpaired) electrons. The van der Waals surface area contributed by atoms with Crippen molar-refractivity contribution in [3.63, 3.8) is 0 Å². The van der Waals surface area contributed by atoms with Gasteiger partial charge in [0, 0.05) is 16.8 Å². The van der Waals surface area contributed by atoms with E-state index in [9.17, 15) is 14.7 Å². The van der Waals surface area contributed by atoms with E-state index in [0.717, 1.165) is 5.39 Å². The number of ketones is 1. The maximum Gasteiger partial charge on any atom is 0.300 e. The van der Waals surface area contributed by atoms with Gasteiger partial charge in [0.25, 0.3) is 11.7 Å². The SMILES string of the molecule is COc1ccc(N2C(=O)C(=O)/C(=C(/O)c3cccc4ccccc34)C2c2ccccc2F)cc1. The van der Waals surface area contributed by atoms with Gasteiger partial charge in [0.15, 0.2) is 0 Å². The van der Waals surface area contributed by atoms with Crippen LogP contribution in [0.15, 0.2) is 96.6 Å². The van der Waals surface area contributed by atoms with E-state index in [0.29, 0.717) is 22.4 Å². The van der Waals surface area contributed by atoms with Gasteiger partial charge in [0.1, 0.15) is 17.3 Å². The van der Waals surface area contributed by atoms with E-state index in [2.05, 4.69) is 0 Å². The number of methoxy groups -OCH3 is 1. The summed E-state index contributed by atoms with van der Waals surface area (Å²) in [4.78, 5) is 27.8. The van der Waals surface area contributed by atoms with Crippen LogP contribution in [0.2, 0.25) is 0 Å². The number of Topliss-reactive ketones (excluding diaryl/α,β-unsaturated/α-hetero) is 1. The molecule has 0 aliphatic carbocycles. The average Bonchev–Trinajstić information content (AvgIpc) is 3.13. The summed E-state index contributed by atoms with van der Waals surface area (Å²) >= 11 is 0. The van der Waals surface area contributed by atoms with Crippen LogP contribution >= 0.6 is 0 Å². The molecule has 1 unspecified atom stereocenters. The van der Waals surface area contributed by atoms with Gasteiger partial charge in [-0.25, -0.2) is 4.39 Å². The number of hydrogen-bond acceptors (Lipinski definition) is 4. The summed E-state index contributed by atoms with van der Waals surface area (Å²) in [6.07, 6.45) is 0. The molecule has 1 aliphatic rings. The number of hydrogen-bond donors (Lipinski definition) is 1. The zero-order valence-corrected chi connectivity index (χ0v) is 18.2. The summed E-state index contributed by atoms with van der Waals surface area (Å²) in [6.45, 7) is 0. The number of halogens is 1. The number of amides is 1. The zero-order valence-electron chi connectivity index (χ0n) is 18.2. The molecule has 0 saturated carbocycles. The summed E-state index contributed by atoms with van der Waals surface area (Å²) in [5, 5.41) is 13.0. The molecule has 5 rings (SSSR count). The summed E-state index contributed by atoms with van der Waals surface area (Å²) < 4.78 is 20.2. The largest absolute Gasteiger partial charge is 0.507 e. The third-order valence-electron chi connectivity index (χ3n) is 6.04. The number of carbonyl (C=O) groups is 2. The zero-order chi connectivity index (χ0) is 23.8. The van der Waals surface area contributed by atoms with E-state index in [1.807, 2.05) is 30.3 Å². The topological polar surface area (TPSA) is 66.8 Å². The fourth-order valence-corrected chi connectivity index (χ4v) is 4.41. The first-order chi connectivity index (χ1) is 16.5. The number of fused-ring (bicyclic) bond motifs is 1. The molecule has 5 nitrogen and oxygen atoms in total. The molecule has 168 valence electrons. The Morgan fingerprint density at radius 1 is 0.882 bits per heavy atom. The van der Waals surface area contributed by atoms with Crippen LogP contribution in [-0.4, -0.2) is 23.9 Å². The van der Waals surface area contributed by atoms with Gasteiger partial charge in [-0.15, -0.1) is 0 Å². The van der Waals surface area contributed by atoms with Gasteiger partial charge in [-0.3, -0.25) is 14.5 Å². The summed E-state index contributed by atoms with van der Waals surface area (Å²) in [7, 11) is 1.52. The second-order valence-electron chi connectivity index (χ2n) is 7.92. The molecule has 6 heteroatoms. The fourth-order valence-electron chi connectivity index (χ4n) is 4.41. The number of anilines is 1. The van der Waals surface area contributed by atoms with E-state index in [1.165, 1.54) is 30.2 Å². The minimum absolute atomic E-state index is 0.110. The number of nitrogens with zero attached hydrogens (tertiary/aromatic N) is 1. The normalized spacial score (nSPS) is 17.4. The Labute approximate surface area is 195 Å². The molecule has 1 amide bonds. The standard InChI is InChI=1S/C28H20FNO4/c1-34-19-15-13-18(14-16-19)30-25(22-10-4-5-12-23(22)29)24(27(32)28(30)33)26(31)21-11-6-8-17-7-2-3-9-20(17)21/h2-16,25,31H,1H3/b26-24+. The number of aliphatic hydroxyl groups excluding tert-OH is 1. The number of rotatable bonds is 4. The van der Waals surface area contributed by atoms with Crippen LogP contribution in [0.5, 0.6) is 5.75 Å². The molecule has 1 atom stereocenters. The lowest BCUT2D eigenvalue weighted by molar-refractivity contribution is -0.132. The van der Waals surface area contributed by atoms with Gasteiger partial charge in [0.2, 0.25) is 0 Å². The first kappa shape index (κ1) is 21.4. The van der Waals surface area contributed by atoms with Crippen molar-refractivity contribution in [2.75, 3.05) is 12.0 Å². The van der Waals surface area contributed by atoms with Gasteiger partial charge < -0.3 is 9.84 Å². The van der Waals surface area contributed by atoms with E-state index in [1.54, 1.807) is 42.5 Å².